The minimum Gasteiger partial charge on any atom is -0.480 e. The van der Waals surface area contributed by atoms with E-state index >= 15 is 0 Å². The Morgan fingerprint density at radius 2 is 2.00 bits per heavy atom. The second kappa shape index (κ2) is 3.53. The second-order valence-electron chi connectivity index (χ2n) is 4.21. The van der Waals surface area contributed by atoms with Gasteiger partial charge in [0, 0.05) is 0 Å². The smallest absolute Gasteiger partial charge is 0.325 e. The number of halogens is 1. The maximum atomic E-state index is 12.9. The maximum Gasteiger partial charge on any atom is 0.325 e. The summed E-state index contributed by atoms with van der Waals surface area (Å²) in [6.45, 7) is 1.45. The number of sulfone groups is 1. The predicted molar refractivity (Wildman–Crippen MR) is 57.9 cm³/mol. The summed E-state index contributed by atoms with van der Waals surface area (Å²) < 4.78 is 35.6. The van der Waals surface area contributed by atoms with Crippen molar-refractivity contribution in [1.82, 2.24) is 0 Å². The Kier molecular flexibility index (Phi) is 2.50. The van der Waals surface area contributed by atoms with Gasteiger partial charge in [-0.2, -0.15) is 0 Å². The second-order valence-corrected chi connectivity index (χ2v) is 6.44. The van der Waals surface area contributed by atoms with Crippen LogP contribution in [0.3, 0.4) is 0 Å². The van der Waals surface area contributed by atoms with Gasteiger partial charge in [0.25, 0.3) is 0 Å². The number of hydrogen-bond donors (Lipinski definition) is 1. The summed E-state index contributed by atoms with van der Waals surface area (Å²) in [6.07, 6.45) is 0.225. The highest BCUT2D eigenvalue weighted by Gasteiger charge is 2.62. The van der Waals surface area contributed by atoms with Crippen molar-refractivity contribution in [1.29, 1.82) is 0 Å². The van der Waals surface area contributed by atoms with Crippen LogP contribution in [0.2, 0.25) is 0 Å². The molecule has 0 spiro atoms. The summed E-state index contributed by atoms with van der Waals surface area (Å²) >= 11 is 0. The van der Waals surface area contributed by atoms with Crippen LogP contribution in [0.4, 0.5) is 4.39 Å². The highest BCUT2D eigenvalue weighted by atomic mass is 32.2. The first-order valence-electron chi connectivity index (χ1n) is 5.05. The van der Waals surface area contributed by atoms with Crippen LogP contribution in [-0.2, 0) is 14.6 Å². The Bertz CT molecular complexity index is 587. The normalized spacial score (nSPS) is 17.8. The average Bonchev–Trinajstić information content (AvgIpc) is 2.96. The van der Waals surface area contributed by atoms with Crippen LogP contribution in [0, 0.1) is 12.7 Å². The van der Waals surface area contributed by atoms with E-state index in [1.165, 1.54) is 6.92 Å². The lowest BCUT2D eigenvalue weighted by molar-refractivity contribution is -0.137. The van der Waals surface area contributed by atoms with E-state index < -0.39 is 26.4 Å². The van der Waals surface area contributed by atoms with Crippen molar-refractivity contribution in [3.8, 4) is 0 Å². The third kappa shape index (κ3) is 1.63. The Balaban J connectivity index is 2.57. The summed E-state index contributed by atoms with van der Waals surface area (Å²) in [5.41, 5.74) is 0.234. The van der Waals surface area contributed by atoms with E-state index in [2.05, 4.69) is 0 Å². The quantitative estimate of drug-likeness (QED) is 0.834. The Labute approximate surface area is 98.0 Å². The summed E-state index contributed by atoms with van der Waals surface area (Å²) in [4.78, 5) is 10.9. The van der Waals surface area contributed by atoms with Crippen LogP contribution in [0.5, 0.6) is 0 Å². The fourth-order valence-corrected chi connectivity index (χ4v) is 3.86. The van der Waals surface area contributed by atoms with Gasteiger partial charge in [-0.15, -0.1) is 0 Å². The van der Waals surface area contributed by atoms with Gasteiger partial charge in [-0.1, -0.05) is 0 Å². The zero-order chi connectivity index (χ0) is 12.8. The SMILES string of the molecule is Cc1cc(F)ccc1S(=O)(=O)C1(C(=O)O)CC1. The lowest BCUT2D eigenvalue weighted by Crippen LogP contribution is -2.32. The molecule has 0 radical (unpaired) electrons. The summed E-state index contributed by atoms with van der Waals surface area (Å²) in [5.74, 6) is -1.87. The van der Waals surface area contributed by atoms with Crippen LogP contribution in [0.15, 0.2) is 23.1 Å². The van der Waals surface area contributed by atoms with E-state index in [1.807, 2.05) is 0 Å². The van der Waals surface area contributed by atoms with Crippen molar-refractivity contribution in [3.63, 3.8) is 0 Å². The third-order valence-electron chi connectivity index (χ3n) is 3.03. The number of hydrogen-bond acceptors (Lipinski definition) is 3. The van der Waals surface area contributed by atoms with E-state index in [0.29, 0.717) is 0 Å². The molecular weight excluding hydrogens is 247 g/mol. The van der Waals surface area contributed by atoms with Crippen LogP contribution in [0.1, 0.15) is 18.4 Å². The van der Waals surface area contributed by atoms with Crippen LogP contribution < -0.4 is 0 Å². The number of carbonyl (C=O) groups is 1. The maximum absolute atomic E-state index is 12.9. The largest absolute Gasteiger partial charge is 0.480 e. The highest BCUT2D eigenvalue weighted by molar-refractivity contribution is 7.94. The van der Waals surface area contributed by atoms with Crippen molar-refractivity contribution in [2.24, 2.45) is 0 Å². The van der Waals surface area contributed by atoms with Crippen molar-refractivity contribution < 1.29 is 22.7 Å². The number of carboxylic acids is 1. The Hall–Kier alpha value is -1.43. The summed E-state index contributed by atoms with van der Waals surface area (Å²) in [7, 11) is -3.94. The monoisotopic (exact) mass is 258 g/mol. The third-order valence-corrected chi connectivity index (χ3v) is 5.68. The molecule has 1 aromatic carbocycles. The molecule has 0 amide bonds. The molecular formula is C11H11FO4S. The molecule has 1 aliphatic carbocycles. The number of aliphatic carboxylic acids is 1. The molecule has 17 heavy (non-hydrogen) atoms. The lowest BCUT2D eigenvalue weighted by Gasteiger charge is -2.13. The van der Waals surface area contributed by atoms with Crippen LogP contribution in [0.25, 0.3) is 0 Å². The number of carboxylic acid groups (broad SMARTS) is 1. The lowest BCUT2D eigenvalue weighted by atomic mass is 10.2. The number of rotatable bonds is 3. The highest BCUT2D eigenvalue weighted by Crippen LogP contribution is 2.47. The number of aryl methyl sites for hydroxylation is 1. The topological polar surface area (TPSA) is 71.4 Å². The zero-order valence-electron chi connectivity index (χ0n) is 9.10. The van der Waals surface area contributed by atoms with Gasteiger partial charge in [0.2, 0.25) is 0 Å². The van der Waals surface area contributed by atoms with E-state index in [4.69, 9.17) is 5.11 Å². The molecule has 1 aliphatic rings. The minimum absolute atomic E-state index is 0.0983. The fourth-order valence-electron chi connectivity index (χ4n) is 1.84. The van der Waals surface area contributed by atoms with Gasteiger partial charge < -0.3 is 5.11 Å². The first-order chi connectivity index (χ1) is 7.81. The van der Waals surface area contributed by atoms with Crippen molar-refractivity contribution in [3.05, 3.63) is 29.6 Å². The van der Waals surface area contributed by atoms with Crippen molar-refractivity contribution in [2.75, 3.05) is 0 Å². The number of benzene rings is 1. The Morgan fingerprint density at radius 1 is 1.41 bits per heavy atom. The molecule has 1 N–H and O–H groups in total. The molecule has 2 rings (SSSR count). The molecule has 0 bridgehead atoms. The van der Waals surface area contributed by atoms with Crippen LogP contribution >= 0.6 is 0 Å². The van der Waals surface area contributed by atoms with Gasteiger partial charge >= 0.3 is 5.97 Å². The molecule has 0 aliphatic heterocycles. The standard InChI is InChI=1S/C11H11FO4S/c1-7-6-8(12)2-3-9(7)17(15,16)11(4-5-11)10(13)14/h2-3,6H,4-5H2,1H3,(H,13,14). The summed E-state index contributed by atoms with van der Waals surface area (Å²) in [5, 5.41) is 8.99. The van der Waals surface area contributed by atoms with Gasteiger partial charge in [-0.05, 0) is 43.5 Å². The van der Waals surface area contributed by atoms with Gasteiger partial charge in [0.15, 0.2) is 14.6 Å². The van der Waals surface area contributed by atoms with E-state index in [1.54, 1.807) is 0 Å². The van der Waals surface area contributed by atoms with Crippen molar-refractivity contribution >= 4 is 15.8 Å². The van der Waals surface area contributed by atoms with Gasteiger partial charge in [0.1, 0.15) is 5.82 Å². The minimum atomic E-state index is -3.94. The summed E-state index contributed by atoms with van der Waals surface area (Å²) in [6, 6.07) is 3.24. The van der Waals surface area contributed by atoms with E-state index in [9.17, 15) is 17.6 Å². The molecule has 1 aromatic rings. The molecule has 1 fully saturated rings. The molecule has 0 atom stereocenters. The van der Waals surface area contributed by atoms with Gasteiger partial charge in [-0.25, -0.2) is 12.8 Å². The molecule has 4 nitrogen and oxygen atoms in total. The predicted octanol–water partition coefficient (Wildman–Crippen LogP) is 1.53. The zero-order valence-corrected chi connectivity index (χ0v) is 9.92. The molecule has 0 heterocycles. The average molecular weight is 258 g/mol. The first kappa shape index (κ1) is 12.0. The fraction of sp³-hybridized carbons (Fsp3) is 0.364. The molecule has 92 valence electrons. The van der Waals surface area contributed by atoms with E-state index in [-0.39, 0.29) is 23.3 Å². The van der Waals surface area contributed by atoms with Crippen molar-refractivity contribution in [2.45, 2.75) is 29.4 Å². The van der Waals surface area contributed by atoms with Crippen LogP contribution in [-0.4, -0.2) is 24.2 Å². The molecule has 1 saturated carbocycles. The first-order valence-corrected chi connectivity index (χ1v) is 6.54. The molecule has 6 heteroatoms. The van der Waals surface area contributed by atoms with Gasteiger partial charge in [0.05, 0.1) is 4.90 Å². The molecule has 0 saturated heterocycles. The molecule has 0 unspecified atom stereocenters. The Morgan fingerprint density at radius 3 is 2.41 bits per heavy atom. The molecule has 0 aromatic heterocycles. The van der Waals surface area contributed by atoms with E-state index in [0.717, 1.165) is 18.2 Å². The van der Waals surface area contributed by atoms with Gasteiger partial charge in [-0.3, -0.25) is 4.79 Å².